The minimum absolute atomic E-state index is 0.0611. The first-order chi connectivity index (χ1) is 12.3. The number of ether oxygens (including phenoxy) is 1. The molecule has 3 aliphatic rings. The zero-order chi connectivity index (χ0) is 19.5. The molecular formula is C22H38O3S. The summed E-state index contributed by atoms with van der Waals surface area (Å²) in [5, 5.41) is 0. The molecule has 1 heterocycles. The lowest BCUT2D eigenvalue weighted by Gasteiger charge is -2.45. The number of rotatable bonds is 0. The quantitative estimate of drug-likeness (QED) is 0.458. The van der Waals surface area contributed by atoms with Crippen LogP contribution in [-0.4, -0.2) is 31.0 Å². The summed E-state index contributed by atoms with van der Waals surface area (Å²) in [6, 6.07) is 0. The molecule has 1 spiro atoms. The molecule has 0 aromatic carbocycles. The molecule has 1 saturated carbocycles. The van der Waals surface area contributed by atoms with Crippen LogP contribution < -0.4 is 0 Å². The van der Waals surface area contributed by atoms with Crippen LogP contribution in [0, 0.1) is 11.3 Å². The zero-order valence-electron chi connectivity index (χ0n) is 17.5. The summed E-state index contributed by atoms with van der Waals surface area (Å²) >= 11 is 1.75. The van der Waals surface area contributed by atoms with E-state index in [1.54, 1.807) is 11.8 Å². The highest BCUT2D eigenvalue weighted by Gasteiger charge is 2.44. The number of hydrogen-bond donors (Lipinski definition) is 0. The molecule has 0 amide bonds. The van der Waals surface area contributed by atoms with Gasteiger partial charge in [0.15, 0.2) is 0 Å². The van der Waals surface area contributed by atoms with Gasteiger partial charge in [0.25, 0.3) is 0 Å². The van der Waals surface area contributed by atoms with Crippen molar-refractivity contribution in [1.29, 1.82) is 0 Å². The molecule has 1 unspecified atom stereocenters. The Kier molecular flexibility index (Phi) is 10.9. The minimum atomic E-state index is -0.436. The van der Waals surface area contributed by atoms with Gasteiger partial charge in [-0.2, -0.15) is 11.8 Å². The SMILES string of the molecule is C1=CC=CCC=C1.CC1COC2(CCC(C(C)(C)C)CC2)OO1.CSC. The molecule has 0 bridgehead atoms. The molecule has 0 aromatic heterocycles. The Bertz CT molecular complexity index is 430. The Morgan fingerprint density at radius 3 is 1.92 bits per heavy atom. The van der Waals surface area contributed by atoms with Crippen molar-refractivity contribution in [2.75, 3.05) is 19.1 Å². The molecule has 1 aliphatic heterocycles. The van der Waals surface area contributed by atoms with Gasteiger partial charge in [0, 0.05) is 12.8 Å². The summed E-state index contributed by atoms with van der Waals surface area (Å²) in [5.41, 5.74) is 0.393. The Morgan fingerprint density at radius 1 is 0.962 bits per heavy atom. The van der Waals surface area contributed by atoms with Gasteiger partial charge in [-0.05, 0) is 50.0 Å². The van der Waals surface area contributed by atoms with Gasteiger partial charge in [-0.3, -0.25) is 0 Å². The average molecular weight is 383 g/mol. The standard InChI is InChI=1S/C13H24O3.C7H8.C2H6S/c1-10-9-14-13(16-15-10)7-5-11(6-8-13)12(2,3)4;1-2-4-6-7-5-3-1;1-3-2/h10-11H,5-9H2,1-4H3;1-6H,7H2;1-2H3. The van der Waals surface area contributed by atoms with Gasteiger partial charge in [0.05, 0.1) is 6.61 Å². The topological polar surface area (TPSA) is 27.7 Å². The van der Waals surface area contributed by atoms with Crippen LogP contribution in [0.4, 0.5) is 0 Å². The van der Waals surface area contributed by atoms with E-state index in [0.29, 0.717) is 12.0 Å². The molecule has 2 fully saturated rings. The van der Waals surface area contributed by atoms with Crippen molar-refractivity contribution in [2.45, 2.75) is 71.7 Å². The van der Waals surface area contributed by atoms with Crippen molar-refractivity contribution >= 4 is 11.8 Å². The Labute approximate surface area is 165 Å². The summed E-state index contributed by atoms with van der Waals surface area (Å²) in [7, 11) is 0. The van der Waals surface area contributed by atoms with E-state index in [4.69, 9.17) is 14.5 Å². The van der Waals surface area contributed by atoms with Crippen molar-refractivity contribution in [3.05, 3.63) is 36.5 Å². The fourth-order valence-corrected chi connectivity index (χ4v) is 3.16. The van der Waals surface area contributed by atoms with Gasteiger partial charge in [0.2, 0.25) is 5.79 Å². The third-order valence-corrected chi connectivity index (χ3v) is 4.80. The second-order valence-electron chi connectivity index (χ2n) is 8.24. The summed E-state index contributed by atoms with van der Waals surface area (Å²) in [6.07, 6.45) is 21.9. The van der Waals surface area contributed by atoms with Crippen molar-refractivity contribution in [3.63, 3.8) is 0 Å². The van der Waals surface area contributed by atoms with Crippen LogP contribution in [-0.2, 0) is 14.5 Å². The van der Waals surface area contributed by atoms with E-state index in [1.165, 1.54) is 12.8 Å². The van der Waals surface area contributed by atoms with Crippen molar-refractivity contribution in [3.8, 4) is 0 Å². The molecule has 0 aromatic rings. The van der Waals surface area contributed by atoms with Crippen LogP contribution in [0.1, 0.15) is 59.8 Å². The van der Waals surface area contributed by atoms with Crippen molar-refractivity contribution < 1.29 is 14.5 Å². The summed E-state index contributed by atoms with van der Waals surface area (Å²) in [6.45, 7) is 9.57. The molecule has 3 rings (SSSR count). The molecule has 26 heavy (non-hydrogen) atoms. The zero-order valence-corrected chi connectivity index (χ0v) is 18.3. The predicted molar refractivity (Wildman–Crippen MR) is 113 cm³/mol. The van der Waals surface area contributed by atoms with E-state index >= 15 is 0 Å². The van der Waals surface area contributed by atoms with E-state index in [1.807, 2.05) is 31.6 Å². The first kappa shape index (κ1) is 23.5. The third-order valence-electron chi connectivity index (χ3n) is 4.80. The lowest BCUT2D eigenvalue weighted by atomic mass is 9.71. The normalized spacial score (nSPS) is 30.7. The Balaban J connectivity index is 0.000000280. The molecule has 4 heteroatoms. The van der Waals surface area contributed by atoms with Crippen molar-refractivity contribution in [2.24, 2.45) is 11.3 Å². The fourth-order valence-electron chi connectivity index (χ4n) is 3.16. The van der Waals surface area contributed by atoms with Crippen LogP contribution in [0.5, 0.6) is 0 Å². The molecule has 0 N–H and O–H groups in total. The smallest absolute Gasteiger partial charge is 0.201 e. The maximum atomic E-state index is 5.83. The highest BCUT2D eigenvalue weighted by molar-refractivity contribution is 7.97. The maximum Gasteiger partial charge on any atom is 0.201 e. The minimum Gasteiger partial charge on any atom is -0.344 e. The highest BCUT2D eigenvalue weighted by Crippen LogP contribution is 2.44. The number of hydrogen-bond acceptors (Lipinski definition) is 4. The summed E-state index contributed by atoms with van der Waals surface area (Å²) < 4.78 is 5.83. The van der Waals surface area contributed by atoms with Crippen LogP contribution in [0.25, 0.3) is 0 Å². The fraction of sp³-hybridized carbons (Fsp3) is 0.727. The molecule has 1 saturated heterocycles. The van der Waals surface area contributed by atoms with Crippen molar-refractivity contribution in [1.82, 2.24) is 0 Å². The molecular weight excluding hydrogens is 344 g/mol. The summed E-state index contributed by atoms with van der Waals surface area (Å²) in [5.74, 6) is 0.332. The monoisotopic (exact) mass is 382 g/mol. The summed E-state index contributed by atoms with van der Waals surface area (Å²) in [4.78, 5) is 10.7. The van der Waals surface area contributed by atoms with Gasteiger partial charge in [-0.15, -0.1) is 0 Å². The average Bonchev–Trinajstić information content (AvgIpc) is 2.92. The third kappa shape index (κ3) is 8.90. The van der Waals surface area contributed by atoms with Crippen LogP contribution in [0.2, 0.25) is 0 Å². The first-order valence-corrected chi connectivity index (χ1v) is 11.3. The molecule has 2 aliphatic carbocycles. The van der Waals surface area contributed by atoms with Crippen LogP contribution in [0.15, 0.2) is 36.5 Å². The molecule has 3 nitrogen and oxygen atoms in total. The number of allylic oxidation sites excluding steroid dienone is 6. The van der Waals surface area contributed by atoms with E-state index in [9.17, 15) is 0 Å². The van der Waals surface area contributed by atoms with Crippen LogP contribution >= 0.6 is 11.8 Å². The van der Waals surface area contributed by atoms with E-state index in [-0.39, 0.29) is 6.10 Å². The maximum absolute atomic E-state index is 5.83. The van der Waals surface area contributed by atoms with Gasteiger partial charge < -0.3 is 4.74 Å². The second kappa shape index (κ2) is 12.0. The lowest BCUT2D eigenvalue weighted by molar-refractivity contribution is -0.490. The highest BCUT2D eigenvalue weighted by atomic mass is 32.2. The van der Waals surface area contributed by atoms with E-state index < -0.39 is 5.79 Å². The second-order valence-corrected chi connectivity index (χ2v) is 9.05. The molecule has 150 valence electrons. The van der Waals surface area contributed by atoms with Gasteiger partial charge in [-0.25, -0.2) is 9.78 Å². The molecule has 0 radical (unpaired) electrons. The Hall–Kier alpha value is -0.550. The van der Waals surface area contributed by atoms with E-state index in [2.05, 4.69) is 45.1 Å². The molecule has 1 atom stereocenters. The van der Waals surface area contributed by atoms with Gasteiger partial charge in [0.1, 0.15) is 6.10 Å². The van der Waals surface area contributed by atoms with Gasteiger partial charge in [-0.1, -0.05) is 57.2 Å². The van der Waals surface area contributed by atoms with Gasteiger partial charge >= 0.3 is 0 Å². The number of thioether (sulfide) groups is 1. The predicted octanol–water partition coefficient (Wildman–Crippen LogP) is 6.32. The first-order valence-electron chi connectivity index (χ1n) is 9.70. The van der Waals surface area contributed by atoms with E-state index in [0.717, 1.165) is 25.2 Å². The lowest BCUT2D eigenvalue weighted by Crippen LogP contribution is -2.47. The Morgan fingerprint density at radius 2 is 1.50 bits per heavy atom. The largest absolute Gasteiger partial charge is 0.344 e. The van der Waals surface area contributed by atoms with Crippen LogP contribution in [0.3, 0.4) is 0 Å².